The van der Waals surface area contributed by atoms with Crippen LogP contribution in [0.2, 0.25) is 5.02 Å². The van der Waals surface area contributed by atoms with Crippen molar-refractivity contribution in [2.45, 2.75) is 6.92 Å². The number of carbonyl (C=O) groups is 1. The molecule has 0 fully saturated rings. The van der Waals surface area contributed by atoms with E-state index in [9.17, 15) is 14.9 Å². The van der Waals surface area contributed by atoms with E-state index in [4.69, 9.17) is 23.2 Å². The van der Waals surface area contributed by atoms with Gasteiger partial charge in [-0.3, -0.25) is 14.9 Å². The molecule has 0 saturated carbocycles. The monoisotopic (exact) mass is 290 g/mol. The zero-order chi connectivity index (χ0) is 13.7. The molecule has 0 N–H and O–H groups in total. The standard InChI is InChI=1S/C11H12Cl2N2O3/c1-2-14(6-5-12)11(16)9-7-8(13)3-4-10(9)15(17)18/h3-4,7H,2,5-6H2,1H3. The van der Waals surface area contributed by atoms with Crippen molar-refractivity contribution >= 4 is 34.8 Å². The Labute approximate surface area is 114 Å². The lowest BCUT2D eigenvalue weighted by Crippen LogP contribution is -2.32. The molecular formula is C11H12Cl2N2O3. The number of alkyl halides is 1. The van der Waals surface area contributed by atoms with Gasteiger partial charge in [-0.1, -0.05) is 11.6 Å². The second-order valence-corrected chi connectivity index (χ2v) is 4.31. The zero-order valence-corrected chi connectivity index (χ0v) is 11.2. The van der Waals surface area contributed by atoms with E-state index in [0.717, 1.165) is 0 Å². The maximum absolute atomic E-state index is 12.1. The van der Waals surface area contributed by atoms with Crippen molar-refractivity contribution in [2.24, 2.45) is 0 Å². The molecule has 98 valence electrons. The summed E-state index contributed by atoms with van der Waals surface area (Å²) in [5.41, 5.74) is -0.267. The Kier molecular flexibility index (Phi) is 5.37. The Bertz CT molecular complexity index is 466. The number of nitro groups is 1. The van der Waals surface area contributed by atoms with Crippen LogP contribution in [0.3, 0.4) is 0 Å². The summed E-state index contributed by atoms with van der Waals surface area (Å²) < 4.78 is 0. The van der Waals surface area contributed by atoms with Crippen molar-refractivity contribution in [3.05, 3.63) is 38.9 Å². The minimum absolute atomic E-state index is 0.0144. The predicted molar refractivity (Wildman–Crippen MR) is 70.4 cm³/mol. The largest absolute Gasteiger partial charge is 0.338 e. The van der Waals surface area contributed by atoms with E-state index in [0.29, 0.717) is 13.1 Å². The number of rotatable bonds is 5. The number of amides is 1. The molecule has 1 aromatic carbocycles. The highest BCUT2D eigenvalue weighted by atomic mass is 35.5. The quantitative estimate of drug-likeness (QED) is 0.476. The summed E-state index contributed by atoms with van der Waals surface area (Å²) in [6, 6.07) is 3.91. The third-order valence-electron chi connectivity index (χ3n) is 2.41. The van der Waals surface area contributed by atoms with Crippen molar-refractivity contribution in [3.8, 4) is 0 Å². The van der Waals surface area contributed by atoms with Crippen LogP contribution in [0.25, 0.3) is 0 Å². The molecule has 0 unspecified atom stereocenters. The minimum Gasteiger partial charge on any atom is -0.338 e. The lowest BCUT2D eigenvalue weighted by Gasteiger charge is -2.19. The van der Waals surface area contributed by atoms with Crippen LogP contribution in [-0.2, 0) is 0 Å². The number of halogens is 2. The average molecular weight is 291 g/mol. The fourth-order valence-electron chi connectivity index (χ4n) is 1.51. The van der Waals surface area contributed by atoms with Crippen molar-refractivity contribution in [2.75, 3.05) is 19.0 Å². The molecule has 0 aliphatic carbocycles. The molecule has 1 rings (SSSR count). The highest BCUT2D eigenvalue weighted by Gasteiger charge is 2.23. The highest BCUT2D eigenvalue weighted by molar-refractivity contribution is 6.31. The lowest BCUT2D eigenvalue weighted by molar-refractivity contribution is -0.385. The van der Waals surface area contributed by atoms with Gasteiger partial charge >= 0.3 is 0 Å². The Morgan fingerprint density at radius 1 is 1.50 bits per heavy atom. The van der Waals surface area contributed by atoms with Crippen LogP contribution in [-0.4, -0.2) is 34.7 Å². The van der Waals surface area contributed by atoms with Gasteiger partial charge in [0.15, 0.2) is 0 Å². The van der Waals surface area contributed by atoms with E-state index in [1.54, 1.807) is 6.92 Å². The number of hydrogen-bond donors (Lipinski definition) is 0. The van der Waals surface area contributed by atoms with Gasteiger partial charge in [-0.2, -0.15) is 0 Å². The third-order valence-corrected chi connectivity index (χ3v) is 2.81. The van der Waals surface area contributed by atoms with Gasteiger partial charge in [-0.15, -0.1) is 11.6 Å². The molecule has 1 aromatic rings. The fourth-order valence-corrected chi connectivity index (χ4v) is 1.89. The normalized spacial score (nSPS) is 10.2. The van der Waals surface area contributed by atoms with E-state index >= 15 is 0 Å². The number of nitrogens with zero attached hydrogens (tertiary/aromatic N) is 2. The Balaban J connectivity index is 3.17. The topological polar surface area (TPSA) is 63.5 Å². The van der Waals surface area contributed by atoms with E-state index in [1.807, 2.05) is 0 Å². The molecule has 7 heteroatoms. The molecule has 0 bridgehead atoms. The van der Waals surface area contributed by atoms with Gasteiger partial charge in [0.25, 0.3) is 11.6 Å². The van der Waals surface area contributed by atoms with Gasteiger partial charge in [0.2, 0.25) is 0 Å². The summed E-state index contributed by atoms with van der Waals surface area (Å²) >= 11 is 11.4. The van der Waals surface area contributed by atoms with Crippen LogP contribution in [0.5, 0.6) is 0 Å². The fraction of sp³-hybridized carbons (Fsp3) is 0.364. The maximum Gasteiger partial charge on any atom is 0.282 e. The molecule has 0 radical (unpaired) electrons. The molecule has 0 atom stereocenters. The molecule has 0 spiro atoms. The van der Waals surface area contributed by atoms with E-state index in [2.05, 4.69) is 0 Å². The van der Waals surface area contributed by atoms with Crippen LogP contribution in [0, 0.1) is 10.1 Å². The molecule has 0 aliphatic rings. The summed E-state index contributed by atoms with van der Waals surface area (Å²) in [5.74, 6) is -0.166. The number of hydrogen-bond acceptors (Lipinski definition) is 3. The molecule has 0 saturated heterocycles. The molecule has 5 nitrogen and oxygen atoms in total. The lowest BCUT2D eigenvalue weighted by atomic mass is 10.1. The Hall–Kier alpha value is -1.33. The Morgan fingerprint density at radius 3 is 2.67 bits per heavy atom. The van der Waals surface area contributed by atoms with Gasteiger partial charge in [0, 0.05) is 30.1 Å². The SMILES string of the molecule is CCN(CCCl)C(=O)c1cc(Cl)ccc1[N+](=O)[O-]. The molecular weight excluding hydrogens is 279 g/mol. The van der Waals surface area contributed by atoms with Gasteiger partial charge in [0.05, 0.1) is 4.92 Å². The summed E-state index contributed by atoms with van der Waals surface area (Å²) in [7, 11) is 0. The second-order valence-electron chi connectivity index (χ2n) is 3.49. The van der Waals surface area contributed by atoms with Gasteiger partial charge in [-0.25, -0.2) is 0 Å². The van der Waals surface area contributed by atoms with Crippen LogP contribution in [0.4, 0.5) is 5.69 Å². The number of carbonyl (C=O) groups excluding carboxylic acids is 1. The maximum atomic E-state index is 12.1. The predicted octanol–water partition coefficient (Wildman–Crippen LogP) is 2.95. The average Bonchev–Trinajstić information content (AvgIpc) is 2.34. The molecule has 0 aliphatic heterocycles. The smallest absolute Gasteiger partial charge is 0.282 e. The summed E-state index contributed by atoms with van der Waals surface area (Å²) in [4.78, 5) is 23.9. The molecule has 0 aromatic heterocycles. The Morgan fingerprint density at radius 2 is 2.17 bits per heavy atom. The van der Waals surface area contributed by atoms with Crippen LogP contribution >= 0.6 is 23.2 Å². The molecule has 18 heavy (non-hydrogen) atoms. The van der Waals surface area contributed by atoms with Gasteiger partial charge in [0.1, 0.15) is 5.56 Å². The van der Waals surface area contributed by atoms with Gasteiger partial charge < -0.3 is 4.90 Å². The van der Waals surface area contributed by atoms with E-state index in [-0.39, 0.29) is 22.2 Å². The first-order valence-electron chi connectivity index (χ1n) is 5.30. The van der Waals surface area contributed by atoms with Crippen molar-refractivity contribution in [1.82, 2.24) is 4.90 Å². The minimum atomic E-state index is -0.599. The first kappa shape index (κ1) is 14.7. The van der Waals surface area contributed by atoms with Gasteiger partial charge in [-0.05, 0) is 19.1 Å². The third kappa shape index (κ3) is 3.34. The second kappa shape index (κ2) is 6.56. The van der Waals surface area contributed by atoms with Crippen molar-refractivity contribution < 1.29 is 9.72 Å². The van der Waals surface area contributed by atoms with E-state index < -0.39 is 10.8 Å². The first-order chi connectivity index (χ1) is 8.51. The van der Waals surface area contributed by atoms with Crippen molar-refractivity contribution in [3.63, 3.8) is 0 Å². The zero-order valence-electron chi connectivity index (χ0n) is 9.73. The van der Waals surface area contributed by atoms with Crippen LogP contribution in [0.15, 0.2) is 18.2 Å². The molecule has 0 heterocycles. The summed E-state index contributed by atoms with van der Waals surface area (Å²) in [5, 5.41) is 11.2. The number of benzene rings is 1. The number of nitro benzene ring substituents is 1. The van der Waals surface area contributed by atoms with Crippen LogP contribution in [0.1, 0.15) is 17.3 Å². The summed E-state index contributed by atoms with van der Waals surface area (Å²) in [6.45, 7) is 2.54. The summed E-state index contributed by atoms with van der Waals surface area (Å²) in [6.07, 6.45) is 0. The van der Waals surface area contributed by atoms with Crippen molar-refractivity contribution in [1.29, 1.82) is 0 Å². The molecule has 1 amide bonds. The van der Waals surface area contributed by atoms with E-state index in [1.165, 1.54) is 23.1 Å². The first-order valence-corrected chi connectivity index (χ1v) is 6.21. The highest BCUT2D eigenvalue weighted by Crippen LogP contribution is 2.24. The van der Waals surface area contributed by atoms with Crippen LogP contribution < -0.4 is 0 Å².